The average molecular weight is 374 g/mol. The third kappa shape index (κ3) is 3.90. The lowest BCUT2D eigenvalue weighted by molar-refractivity contribution is 0.107. The van der Waals surface area contributed by atoms with Crippen LogP contribution < -0.4 is 0 Å². The molecule has 0 amide bonds. The van der Waals surface area contributed by atoms with Gasteiger partial charge in [-0.2, -0.15) is 0 Å². The van der Waals surface area contributed by atoms with E-state index in [1.807, 2.05) is 0 Å². The summed E-state index contributed by atoms with van der Waals surface area (Å²) >= 11 is 22.8. The zero-order valence-electron chi connectivity index (χ0n) is 10.9. The van der Waals surface area contributed by atoms with Gasteiger partial charge in [0.15, 0.2) is 0 Å². The SMILES string of the molecule is O=C(Cl)c1ccc(C(=C(Cl)Cl)c2ccc(C(=O)Cl)cc2)cc1. The van der Waals surface area contributed by atoms with E-state index in [1.165, 1.54) is 0 Å². The Hall–Kier alpha value is -1.32. The van der Waals surface area contributed by atoms with E-state index in [4.69, 9.17) is 46.4 Å². The third-order valence-corrected chi connectivity index (χ3v) is 3.80. The van der Waals surface area contributed by atoms with Crippen LogP contribution in [0.15, 0.2) is 53.0 Å². The Morgan fingerprint density at radius 1 is 0.545 bits per heavy atom. The smallest absolute Gasteiger partial charge is 0.252 e. The molecule has 2 rings (SSSR count). The predicted octanol–water partition coefficient (Wildman–Crippen LogP) is 5.64. The molecule has 0 unspecified atom stereocenters. The molecule has 0 aromatic heterocycles. The van der Waals surface area contributed by atoms with Crippen molar-refractivity contribution in [2.45, 2.75) is 0 Å². The van der Waals surface area contributed by atoms with Gasteiger partial charge in [-0.1, -0.05) is 47.5 Å². The number of carbonyl (C=O) groups is 2. The molecule has 112 valence electrons. The van der Waals surface area contributed by atoms with Gasteiger partial charge in [0.05, 0.1) is 0 Å². The van der Waals surface area contributed by atoms with Crippen LogP contribution in [0.4, 0.5) is 0 Å². The number of rotatable bonds is 4. The lowest BCUT2D eigenvalue weighted by atomic mass is 9.98. The van der Waals surface area contributed by atoms with Crippen LogP contribution in [0.2, 0.25) is 0 Å². The maximum Gasteiger partial charge on any atom is 0.252 e. The molecule has 6 heteroatoms. The molecule has 0 atom stereocenters. The molecule has 22 heavy (non-hydrogen) atoms. The minimum Gasteiger partial charge on any atom is -0.276 e. The molecule has 0 heterocycles. The number of halogens is 4. The highest BCUT2D eigenvalue weighted by Crippen LogP contribution is 2.31. The second-order valence-electron chi connectivity index (χ2n) is 4.34. The normalized spacial score (nSPS) is 10.2. The standard InChI is InChI=1S/C16H8Cl4O2/c17-14(18)13(9-1-5-11(6-2-9)15(19)21)10-3-7-12(8-4-10)16(20)22/h1-8H. The van der Waals surface area contributed by atoms with Gasteiger partial charge in [-0.05, 0) is 58.6 Å². The fourth-order valence-corrected chi connectivity index (χ4v) is 2.61. The molecule has 0 aliphatic heterocycles. The molecular formula is C16H8Cl4O2. The summed E-state index contributed by atoms with van der Waals surface area (Å²) < 4.78 is 0.0647. The lowest BCUT2D eigenvalue weighted by Gasteiger charge is -2.09. The van der Waals surface area contributed by atoms with E-state index in [0.717, 1.165) is 0 Å². The second-order valence-corrected chi connectivity index (χ2v) is 5.97. The van der Waals surface area contributed by atoms with Gasteiger partial charge >= 0.3 is 0 Å². The van der Waals surface area contributed by atoms with Crippen molar-refractivity contribution in [3.05, 3.63) is 75.3 Å². The molecule has 2 nitrogen and oxygen atoms in total. The van der Waals surface area contributed by atoms with E-state index >= 15 is 0 Å². The minimum absolute atomic E-state index is 0.0647. The summed E-state index contributed by atoms with van der Waals surface area (Å²) in [6.07, 6.45) is 0. The Balaban J connectivity index is 2.45. The van der Waals surface area contributed by atoms with Crippen molar-refractivity contribution in [2.24, 2.45) is 0 Å². The molecule has 2 aromatic carbocycles. The molecule has 0 saturated heterocycles. The van der Waals surface area contributed by atoms with Gasteiger partial charge in [0, 0.05) is 16.7 Å². The molecule has 0 spiro atoms. The molecule has 0 N–H and O–H groups in total. The highest BCUT2D eigenvalue weighted by Gasteiger charge is 2.12. The first-order chi connectivity index (χ1) is 10.4. The zero-order valence-corrected chi connectivity index (χ0v) is 14.0. The van der Waals surface area contributed by atoms with E-state index in [-0.39, 0.29) is 4.49 Å². The molecule has 0 saturated carbocycles. The Bertz CT molecular complexity index is 683. The molecule has 0 aliphatic carbocycles. The van der Waals surface area contributed by atoms with Crippen LogP contribution in [-0.4, -0.2) is 10.5 Å². The number of carbonyl (C=O) groups excluding carboxylic acids is 2. The Morgan fingerprint density at radius 3 is 1.05 bits per heavy atom. The van der Waals surface area contributed by atoms with Crippen LogP contribution in [0.5, 0.6) is 0 Å². The largest absolute Gasteiger partial charge is 0.276 e. The third-order valence-electron chi connectivity index (χ3n) is 2.99. The first kappa shape index (κ1) is 17.0. The van der Waals surface area contributed by atoms with Crippen molar-refractivity contribution in [1.82, 2.24) is 0 Å². The number of hydrogen-bond acceptors (Lipinski definition) is 2. The van der Waals surface area contributed by atoms with Crippen LogP contribution >= 0.6 is 46.4 Å². The van der Waals surface area contributed by atoms with Crippen molar-refractivity contribution >= 4 is 62.5 Å². The zero-order chi connectivity index (χ0) is 16.3. The van der Waals surface area contributed by atoms with E-state index in [0.29, 0.717) is 27.8 Å². The van der Waals surface area contributed by atoms with Crippen molar-refractivity contribution in [1.29, 1.82) is 0 Å². The molecule has 0 aliphatic rings. The monoisotopic (exact) mass is 372 g/mol. The maximum absolute atomic E-state index is 11.1. The molecular weight excluding hydrogens is 366 g/mol. The molecule has 0 bridgehead atoms. The molecule has 0 fully saturated rings. The van der Waals surface area contributed by atoms with Crippen molar-refractivity contribution in [2.75, 3.05) is 0 Å². The van der Waals surface area contributed by atoms with Crippen LogP contribution in [-0.2, 0) is 0 Å². The van der Waals surface area contributed by atoms with E-state index in [2.05, 4.69) is 0 Å². The van der Waals surface area contributed by atoms with E-state index < -0.39 is 10.5 Å². The van der Waals surface area contributed by atoms with Crippen molar-refractivity contribution in [3.63, 3.8) is 0 Å². The second kappa shape index (κ2) is 7.30. The summed E-state index contributed by atoms with van der Waals surface area (Å²) in [4.78, 5) is 22.2. The summed E-state index contributed by atoms with van der Waals surface area (Å²) in [6.45, 7) is 0. The van der Waals surface area contributed by atoms with Crippen LogP contribution in [0.1, 0.15) is 31.8 Å². The summed E-state index contributed by atoms with van der Waals surface area (Å²) in [7, 11) is 0. The quantitative estimate of drug-likeness (QED) is 0.650. The fraction of sp³-hybridized carbons (Fsp3) is 0. The number of hydrogen-bond donors (Lipinski definition) is 0. The van der Waals surface area contributed by atoms with Crippen molar-refractivity contribution in [3.8, 4) is 0 Å². The van der Waals surface area contributed by atoms with Gasteiger partial charge in [-0.15, -0.1) is 0 Å². The van der Waals surface area contributed by atoms with Gasteiger partial charge in [0.25, 0.3) is 10.5 Å². The minimum atomic E-state index is -0.543. The van der Waals surface area contributed by atoms with Gasteiger partial charge in [0.2, 0.25) is 0 Å². The van der Waals surface area contributed by atoms with E-state index in [9.17, 15) is 9.59 Å². The van der Waals surface area contributed by atoms with Gasteiger partial charge in [0.1, 0.15) is 4.49 Å². The molecule has 2 aromatic rings. The predicted molar refractivity (Wildman–Crippen MR) is 91.0 cm³/mol. The number of benzene rings is 2. The Labute approximate surface area is 147 Å². The first-order valence-electron chi connectivity index (χ1n) is 6.06. The highest BCUT2D eigenvalue weighted by atomic mass is 35.5. The van der Waals surface area contributed by atoms with Gasteiger partial charge < -0.3 is 0 Å². The van der Waals surface area contributed by atoms with Crippen LogP contribution in [0, 0.1) is 0 Å². The summed E-state index contributed by atoms with van der Waals surface area (Å²) in [5.41, 5.74) is 2.75. The topological polar surface area (TPSA) is 34.1 Å². The van der Waals surface area contributed by atoms with Crippen molar-refractivity contribution < 1.29 is 9.59 Å². The summed E-state index contributed by atoms with van der Waals surface area (Å²) in [6, 6.07) is 13.1. The molecule has 0 radical (unpaired) electrons. The highest BCUT2D eigenvalue weighted by molar-refractivity contribution is 6.68. The average Bonchev–Trinajstić information content (AvgIpc) is 2.48. The maximum atomic E-state index is 11.1. The lowest BCUT2D eigenvalue weighted by Crippen LogP contribution is -1.94. The summed E-state index contributed by atoms with van der Waals surface area (Å²) in [5, 5.41) is -1.09. The van der Waals surface area contributed by atoms with Gasteiger partial charge in [-0.3, -0.25) is 9.59 Å². The van der Waals surface area contributed by atoms with Gasteiger partial charge in [-0.25, -0.2) is 0 Å². The van der Waals surface area contributed by atoms with Crippen LogP contribution in [0.3, 0.4) is 0 Å². The fourth-order valence-electron chi connectivity index (χ4n) is 1.92. The van der Waals surface area contributed by atoms with Crippen LogP contribution in [0.25, 0.3) is 5.57 Å². The Morgan fingerprint density at radius 2 is 0.818 bits per heavy atom. The first-order valence-corrected chi connectivity index (χ1v) is 7.57. The Kier molecular flexibility index (Phi) is 5.65. The summed E-state index contributed by atoms with van der Waals surface area (Å²) in [5.74, 6) is 0. The van der Waals surface area contributed by atoms with E-state index in [1.54, 1.807) is 48.5 Å².